The van der Waals surface area contributed by atoms with E-state index in [0.717, 1.165) is 31.2 Å². The minimum Gasteiger partial charge on any atom is -0.398 e. The van der Waals surface area contributed by atoms with Gasteiger partial charge in [-0.2, -0.15) is 4.31 Å². The summed E-state index contributed by atoms with van der Waals surface area (Å²) in [6.07, 6.45) is 3.77. The molecule has 1 aromatic rings. The number of benzene rings is 1. The van der Waals surface area contributed by atoms with Gasteiger partial charge in [-0.15, -0.1) is 0 Å². The highest BCUT2D eigenvalue weighted by molar-refractivity contribution is 7.89. The normalized spacial score (nSPS) is 16.8. The number of nitrogen functional groups attached to an aromatic ring is 1. The number of aliphatic hydroxyl groups excluding tert-OH is 1. The summed E-state index contributed by atoms with van der Waals surface area (Å²) in [4.78, 5) is 0.197. The molecule has 0 heterocycles. The largest absolute Gasteiger partial charge is 0.398 e. The summed E-state index contributed by atoms with van der Waals surface area (Å²) in [5.74, 6) is 0. The molecule has 0 bridgehead atoms. The van der Waals surface area contributed by atoms with E-state index in [4.69, 9.17) is 5.73 Å². The van der Waals surface area contributed by atoms with Crippen molar-refractivity contribution < 1.29 is 13.5 Å². The van der Waals surface area contributed by atoms with Crippen LogP contribution in [0, 0.1) is 13.8 Å². The maximum Gasteiger partial charge on any atom is 0.245 e. The number of sulfonamides is 1. The van der Waals surface area contributed by atoms with Gasteiger partial charge in [-0.1, -0.05) is 18.9 Å². The van der Waals surface area contributed by atoms with E-state index in [1.54, 1.807) is 13.0 Å². The summed E-state index contributed by atoms with van der Waals surface area (Å²) < 4.78 is 27.5. The van der Waals surface area contributed by atoms with Crippen LogP contribution in [0.1, 0.15) is 36.8 Å². The number of nitrogens with zero attached hydrogens (tertiary/aromatic N) is 1. The molecular formula is C15H24N2O3S. The SMILES string of the molecule is Cc1ccc(N)c(S(=O)(=O)N(CCO)C2CCCC2)c1C. The van der Waals surface area contributed by atoms with Gasteiger partial charge in [0.25, 0.3) is 0 Å². The highest BCUT2D eigenvalue weighted by atomic mass is 32.2. The molecule has 3 N–H and O–H groups in total. The van der Waals surface area contributed by atoms with Gasteiger partial charge in [0.15, 0.2) is 0 Å². The molecule has 6 heteroatoms. The average Bonchev–Trinajstić information content (AvgIpc) is 2.94. The minimum atomic E-state index is -3.68. The van der Waals surface area contributed by atoms with Crippen LogP contribution in [0.2, 0.25) is 0 Å². The third-order valence-corrected chi connectivity index (χ3v) is 6.48. The van der Waals surface area contributed by atoms with Gasteiger partial charge in [0.05, 0.1) is 12.3 Å². The van der Waals surface area contributed by atoms with Gasteiger partial charge in [0.2, 0.25) is 10.0 Å². The maximum absolute atomic E-state index is 13.0. The molecule has 5 nitrogen and oxygen atoms in total. The van der Waals surface area contributed by atoms with Crippen LogP contribution in [0.5, 0.6) is 0 Å². The number of aliphatic hydroxyl groups is 1. The van der Waals surface area contributed by atoms with Crippen LogP contribution in [-0.2, 0) is 10.0 Å². The van der Waals surface area contributed by atoms with E-state index >= 15 is 0 Å². The summed E-state index contributed by atoms with van der Waals surface area (Å²) in [6, 6.07) is 3.44. The summed E-state index contributed by atoms with van der Waals surface area (Å²) in [5, 5.41) is 9.26. The monoisotopic (exact) mass is 312 g/mol. The highest BCUT2D eigenvalue weighted by Crippen LogP contribution is 2.33. The average molecular weight is 312 g/mol. The van der Waals surface area contributed by atoms with Crippen molar-refractivity contribution in [2.24, 2.45) is 0 Å². The first-order valence-electron chi connectivity index (χ1n) is 7.38. The molecule has 0 aliphatic heterocycles. The predicted octanol–water partition coefficient (Wildman–Crippen LogP) is 1.81. The Morgan fingerprint density at radius 3 is 2.48 bits per heavy atom. The molecule has 0 unspecified atom stereocenters. The summed E-state index contributed by atoms with van der Waals surface area (Å²) >= 11 is 0. The Balaban J connectivity index is 2.50. The van der Waals surface area contributed by atoms with Crippen molar-refractivity contribution in [3.05, 3.63) is 23.3 Å². The van der Waals surface area contributed by atoms with Gasteiger partial charge in [-0.25, -0.2) is 8.42 Å². The molecule has 2 rings (SSSR count). The Bertz CT molecular complexity index is 608. The molecule has 1 saturated carbocycles. The fourth-order valence-corrected chi connectivity index (χ4v) is 5.13. The van der Waals surface area contributed by atoms with Gasteiger partial charge in [-0.05, 0) is 43.9 Å². The van der Waals surface area contributed by atoms with Crippen molar-refractivity contribution in [1.29, 1.82) is 0 Å². The van der Waals surface area contributed by atoms with Crippen molar-refractivity contribution in [1.82, 2.24) is 4.31 Å². The molecule has 0 spiro atoms. The molecule has 0 radical (unpaired) electrons. The van der Waals surface area contributed by atoms with Gasteiger partial charge in [0, 0.05) is 12.6 Å². The van der Waals surface area contributed by atoms with Gasteiger partial charge in [-0.3, -0.25) is 0 Å². The van der Waals surface area contributed by atoms with Crippen molar-refractivity contribution in [2.45, 2.75) is 50.5 Å². The molecular weight excluding hydrogens is 288 g/mol. The Morgan fingerprint density at radius 1 is 1.29 bits per heavy atom. The zero-order valence-corrected chi connectivity index (χ0v) is 13.5. The van der Waals surface area contributed by atoms with Crippen molar-refractivity contribution in [2.75, 3.05) is 18.9 Å². The second kappa shape index (κ2) is 6.34. The summed E-state index contributed by atoms with van der Waals surface area (Å²) in [7, 11) is -3.68. The first-order chi connectivity index (χ1) is 9.89. The van der Waals surface area contributed by atoms with Crippen molar-refractivity contribution in [3.8, 4) is 0 Å². The molecule has 0 saturated heterocycles. The Morgan fingerprint density at radius 2 is 1.90 bits per heavy atom. The molecule has 0 atom stereocenters. The van der Waals surface area contributed by atoms with E-state index in [1.165, 1.54) is 4.31 Å². The van der Waals surface area contributed by atoms with E-state index < -0.39 is 10.0 Å². The zero-order chi connectivity index (χ0) is 15.6. The van der Waals surface area contributed by atoms with Gasteiger partial charge in [0.1, 0.15) is 4.90 Å². The molecule has 21 heavy (non-hydrogen) atoms. The number of hydrogen-bond donors (Lipinski definition) is 2. The first kappa shape index (κ1) is 16.3. The second-order valence-electron chi connectivity index (χ2n) is 5.70. The number of aryl methyl sites for hydroxylation is 1. The van der Waals surface area contributed by atoms with Crippen LogP contribution in [-0.4, -0.2) is 37.0 Å². The first-order valence-corrected chi connectivity index (χ1v) is 8.82. The fourth-order valence-electron chi connectivity index (χ4n) is 3.06. The fraction of sp³-hybridized carbons (Fsp3) is 0.600. The van der Waals surface area contributed by atoms with Crippen molar-refractivity contribution >= 4 is 15.7 Å². The standard InChI is InChI=1S/C15H24N2O3S/c1-11-7-8-14(16)15(12(11)2)21(19,20)17(9-10-18)13-5-3-4-6-13/h7-8,13,18H,3-6,9-10,16H2,1-2H3. The second-order valence-corrected chi connectivity index (χ2v) is 7.53. The minimum absolute atomic E-state index is 0.0264. The van der Waals surface area contributed by atoms with Crippen LogP contribution in [0.4, 0.5) is 5.69 Å². The van der Waals surface area contributed by atoms with E-state index in [-0.39, 0.29) is 29.8 Å². The molecule has 118 valence electrons. The summed E-state index contributed by atoms with van der Waals surface area (Å²) in [6.45, 7) is 3.60. The lowest BCUT2D eigenvalue weighted by molar-refractivity contribution is 0.226. The van der Waals surface area contributed by atoms with E-state index in [0.29, 0.717) is 5.56 Å². The third-order valence-electron chi connectivity index (χ3n) is 4.33. The summed E-state index contributed by atoms with van der Waals surface area (Å²) in [5.41, 5.74) is 7.81. The van der Waals surface area contributed by atoms with Gasteiger partial charge >= 0.3 is 0 Å². The van der Waals surface area contributed by atoms with Crippen molar-refractivity contribution in [3.63, 3.8) is 0 Å². The molecule has 0 aromatic heterocycles. The quantitative estimate of drug-likeness (QED) is 0.812. The smallest absolute Gasteiger partial charge is 0.245 e. The lowest BCUT2D eigenvalue weighted by Gasteiger charge is -2.29. The van der Waals surface area contributed by atoms with Crippen LogP contribution >= 0.6 is 0 Å². The van der Waals surface area contributed by atoms with E-state index in [9.17, 15) is 13.5 Å². The number of hydrogen-bond acceptors (Lipinski definition) is 4. The lowest BCUT2D eigenvalue weighted by Crippen LogP contribution is -2.41. The Labute approximate surface area is 126 Å². The molecule has 1 aromatic carbocycles. The lowest BCUT2D eigenvalue weighted by atomic mass is 10.1. The topological polar surface area (TPSA) is 83.6 Å². The van der Waals surface area contributed by atoms with Crippen LogP contribution in [0.3, 0.4) is 0 Å². The Kier molecular flexibility index (Phi) is 4.91. The van der Waals surface area contributed by atoms with Crippen LogP contribution in [0.15, 0.2) is 17.0 Å². The predicted molar refractivity (Wildman–Crippen MR) is 83.6 cm³/mol. The van der Waals surface area contributed by atoms with Gasteiger partial charge < -0.3 is 10.8 Å². The zero-order valence-electron chi connectivity index (χ0n) is 12.7. The molecule has 1 aliphatic carbocycles. The Hall–Kier alpha value is -1.11. The van der Waals surface area contributed by atoms with E-state index in [2.05, 4.69) is 0 Å². The van der Waals surface area contributed by atoms with Crippen LogP contribution < -0.4 is 5.73 Å². The van der Waals surface area contributed by atoms with E-state index in [1.807, 2.05) is 13.0 Å². The number of rotatable bonds is 5. The third kappa shape index (κ3) is 3.07. The molecule has 0 amide bonds. The molecule has 1 aliphatic rings. The van der Waals surface area contributed by atoms with Crippen LogP contribution in [0.25, 0.3) is 0 Å². The number of nitrogens with two attached hydrogens (primary N) is 1. The molecule has 1 fully saturated rings. The highest BCUT2D eigenvalue weighted by Gasteiger charge is 2.35. The maximum atomic E-state index is 13.0. The number of anilines is 1.